The molecule has 0 radical (unpaired) electrons. The summed E-state index contributed by atoms with van der Waals surface area (Å²) in [5, 5.41) is 0.579. The van der Waals surface area contributed by atoms with Crippen LogP contribution in [0.5, 0.6) is 5.75 Å². The van der Waals surface area contributed by atoms with E-state index in [1.807, 2.05) is 47.4 Å². The van der Waals surface area contributed by atoms with Crippen molar-refractivity contribution in [1.29, 1.82) is 0 Å². The van der Waals surface area contributed by atoms with Crippen molar-refractivity contribution in [2.45, 2.75) is 37.1 Å². The van der Waals surface area contributed by atoms with Crippen molar-refractivity contribution in [3.05, 3.63) is 58.6 Å². The zero-order valence-corrected chi connectivity index (χ0v) is 19.0. The number of rotatable bonds is 4. The van der Waals surface area contributed by atoms with E-state index in [0.29, 0.717) is 18.1 Å². The second kappa shape index (κ2) is 8.06. The van der Waals surface area contributed by atoms with Gasteiger partial charge in [-0.15, -0.1) is 11.8 Å². The molecule has 1 atom stereocenters. The van der Waals surface area contributed by atoms with Gasteiger partial charge in [0.1, 0.15) is 5.75 Å². The maximum atomic E-state index is 14.0. The van der Waals surface area contributed by atoms with Crippen LogP contribution in [0.15, 0.2) is 42.5 Å². The van der Waals surface area contributed by atoms with Crippen LogP contribution in [0.25, 0.3) is 0 Å². The van der Waals surface area contributed by atoms with Gasteiger partial charge in [0.25, 0.3) is 5.91 Å². The molecule has 2 amide bonds. The predicted octanol–water partition coefficient (Wildman–Crippen LogP) is 4.81. The molecule has 1 spiro atoms. The Bertz CT molecular complexity index is 1040. The minimum absolute atomic E-state index is 0.0263. The number of thioether (sulfide) groups is 1. The van der Waals surface area contributed by atoms with E-state index >= 15 is 0 Å². The fourth-order valence-corrected chi connectivity index (χ4v) is 6.74. The molecule has 1 unspecified atom stereocenters. The zero-order valence-electron chi connectivity index (χ0n) is 17.5. The lowest BCUT2D eigenvalue weighted by Crippen LogP contribution is -2.51. The van der Waals surface area contributed by atoms with Crippen LogP contribution in [-0.2, 0) is 21.0 Å². The summed E-state index contributed by atoms with van der Waals surface area (Å²) < 4.78 is 5.35. The Kier molecular flexibility index (Phi) is 5.39. The van der Waals surface area contributed by atoms with Crippen molar-refractivity contribution in [2.24, 2.45) is 5.92 Å². The highest BCUT2D eigenvalue weighted by molar-refractivity contribution is 8.01. The van der Waals surface area contributed by atoms with E-state index < -0.39 is 4.87 Å². The molecule has 1 saturated carbocycles. The average molecular weight is 457 g/mol. The molecule has 3 aliphatic rings. The van der Waals surface area contributed by atoms with Crippen LogP contribution >= 0.6 is 23.4 Å². The summed E-state index contributed by atoms with van der Waals surface area (Å²) in [6.07, 6.45) is 4.01. The highest BCUT2D eigenvalue weighted by Gasteiger charge is 2.60. The van der Waals surface area contributed by atoms with Crippen LogP contribution in [0, 0.1) is 5.92 Å². The predicted molar refractivity (Wildman–Crippen MR) is 123 cm³/mol. The number of carbonyl (C=O) groups excluding carboxylic acids is 2. The molecule has 1 saturated heterocycles. The Morgan fingerprint density at radius 1 is 1.23 bits per heavy atom. The van der Waals surface area contributed by atoms with E-state index in [2.05, 4.69) is 0 Å². The third-order valence-electron chi connectivity index (χ3n) is 6.60. The van der Waals surface area contributed by atoms with Gasteiger partial charge in [-0.3, -0.25) is 9.59 Å². The molecule has 0 N–H and O–H groups in total. The van der Waals surface area contributed by atoms with E-state index in [9.17, 15) is 9.59 Å². The summed E-state index contributed by atoms with van der Waals surface area (Å²) in [6, 6.07) is 13.3. The van der Waals surface area contributed by atoms with E-state index in [0.717, 1.165) is 54.0 Å². The highest BCUT2D eigenvalue weighted by atomic mass is 35.5. The van der Waals surface area contributed by atoms with Crippen LogP contribution < -0.4 is 9.64 Å². The smallest absolute Gasteiger partial charge is 0.268 e. The first-order valence-electron chi connectivity index (χ1n) is 10.7. The summed E-state index contributed by atoms with van der Waals surface area (Å²) in [4.78, 5) is 30.1. The van der Waals surface area contributed by atoms with Crippen LogP contribution in [0.2, 0.25) is 5.02 Å². The first-order valence-corrected chi connectivity index (χ1v) is 12.1. The minimum Gasteiger partial charge on any atom is -0.497 e. The maximum absolute atomic E-state index is 14.0. The van der Waals surface area contributed by atoms with Crippen LogP contribution in [0.4, 0.5) is 5.69 Å². The monoisotopic (exact) mass is 456 g/mol. The second-order valence-electron chi connectivity index (χ2n) is 8.37. The first-order chi connectivity index (χ1) is 15.0. The standard InChI is InChI=1S/C24H25ClN2O3S/c1-30-19-8-4-5-16(13-19)15-26-21-10-9-18(25)14-20(21)24(23(26)29)27(11-12-31-24)22(28)17-6-2-3-7-17/h4-5,8-10,13-14,17H,2-3,6-7,11-12,15H2,1H3. The summed E-state index contributed by atoms with van der Waals surface area (Å²) in [5.41, 5.74) is 2.64. The molecule has 31 heavy (non-hydrogen) atoms. The molecule has 2 aromatic carbocycles. The van der Waals surface area contributed by atoms with Gasteiger partial charge in [0.05, 0.1) is 19.3 Å². The van der Waals surface area contributed by atoms with Crippen molar-refractivity contribution in [1.82, 2.24) is 4.90 Å². The molecule has 1 aliphatic carbocycles. The molecule has 0 aromatic heterocycles. The van der Waals surface area contributed by atoms with Crippen LogP contribution in [0.3, 0.4) is 0 Å². The van der Waals surface area contributed by atoms with Gasteiger partial charge in [0.2, 0.25) is 5.91 Å². The Balaban J connectivity index is 1.56. The Labute approximate surface area is 191 Å². The van der Waals surface area contributed by atoms with Gasteiger partial charge in [-0.2, -0.15) is 0 Å². The lowest BCUT2D eigenvalue weighted by atomic mass is 10.0. The lowest BCUT2D eigenvalue weighted by Gasteiger charge is -2.35. The molecule has 2 aromatic rings. The van der Waals surface area contributed by atoms with Crippen molar-refractivity contribution < 1.29 is 14.3 Å². The van der Waals surface area contributed by atoms with Crippen molar-refractivity contribution in [2.75, 3.05) is 24.3 Å². The van der Waals surface area contributed by atoms with Gasteiger partial charge in [-0.25, -0.2) is 0 Å². The zero-order chi connectivity index (χ0) is 21.6. The van der Waals surface area contributed by atoms with Gasteiger partial charge < -0.3 is 14.5 Å². The van der Waals surface area contributed by atoms with Crippen molar-refractivity contribution in [3.8, 4) is 5.75 Å². The number of fused-ring (bicyclic) bond motifs is 2. The average Bonchev–Trinajstić information content (AvgIpc) is 3.51. The van der Waals surface area contributed by atoms with E-state index in [1.54, 1.807) is 23.8 Å². The van der Waals surface area contributed by atoms with E-state index in [1.165, 1.54) is 0 Å². The van der Waals surface area contributed by atoms with Crippen molar-refractivity contribution >= 4 is 40.9 Å². The summed E-state index contributed by atoms with van der Waals surface area (Å²) in [7, 11) is 1.63. The van der Waals surface area contributed by atoms with Crippen LogP contribution in [-0.4, -0.2) is 36.1 Å². The molecule has 162 valence electrons. The Hall–Kier alpha value is -2.18. The fourth-order valence-electron chi connectivity index (χ4n) is 5.11. The molecule has 7 heteroatoms. The van der Waals surface area contributed by atoms with Gasteiger partial charge in [0, 0.05) is 28.8 Å². The number of methoxy groups -OCH3 is 1. The van der Waals surface area contributed by atoms with Crippen LogP contribution in [0.1, 0.15) is 36.8 Å². The molecular weight excluding hydrogens is 432 g/mol. The normalized spacial score (nSPS) is 23.1. The van der Waals surface area contributed by atoms with Gasteiger partial charge >= 0.3 is 0 Å². The Morgan fingerprint density at radius 3 is 2.81 bits per heavy atom. The number of hydrogen-bond acceptors (Lipinski definition) is 4. The number of anilines is 1. The number of amides is 2. The summed E-state index contributed by atoms with van der Waals surface area (Å²) in [6.45, 7) is 1.00. The minimum atomic E-state index is -1.02. The highest BCUT2D eigenvalue weighted by Crippen LogP contribution is 2.55. The molecule has 5 rings (SSSR count). The van der Waals surface area contributed by atoms with Gasteiger partial charge in [-0.1, -0.05) is 36.6 Å². The topological polar surface area (TPSA) is 49.9 Å². The van der Waals surface area contributed by atoms with Gasteiger partial charge in [0.15, 0.2) is 4.87 Å². The molecule has 0 bridgehead atoms. The first kappa shape index (κ1) is 20.7. The molecule has 2 fully saturated rings. The van der Waals surface area contributed by atoms with E-state index in [4.69, 9.17) is 16.3 Å². The molecule has 2 aliphatic heterocycles. The number of ether oxygens (including phenoxy) is 1. The largest absolute Gasteiger partial charge is 0.497 e. The Morgan fingerprint density at radius 2 is 2.03 bits per heavy atom. The summed E-state index contributed by atoms with van der Waals surface area (Å²) in [5.74, 6) is 1.58. The number of nitrogens with zero attached hydrogens (tertiary/aromatic N) is 2. The molecule has 2 heterocycles. The second-order valence-corrected chi connectivity index (χ2v) is 10.1. The summed E-state index contributed by atoms with van der Waals surface area (Å²) >= 11 is 7.94. The number of hydrogen-bond donors (Lipinski definition) is 0. The fraction of sp³-hybridized carbons (Fsp3) is 0.417. The number of halogens is 1. The van der Waals surface area contributed by atoms with Gasteiger partial charge in [-0.05, 0) is 48.7 Å². The van der Waals surface area contributed by atoms with Crippen molar-refractivity contribution in [3.63, 3.8) is 0 Å². The molecule has 5 nitrogen and oxygen atoms in total. The SMILES string of the molecule is COc1cccc(CN2C(=O)C3(SCCN3C(=O)C3CCCC3)c3cc(Cl)ccc32)c1. The lowest BCUT2D eigenvalue weighted by molar-refractivity contribution is -0.143. The maximum Gasteiger partial charge on any atom is 0.268 e. The third kappa shape index (κ3) is 3.31. The molecular formula is C24H25ClN2O3S. The quantitative estimate of drug-likeness (QED) is 0.662. The van der Waals surface area contributed by atoms with E-state index in [-0.39, 0.29) is 17.7 Å². The number of carbonyl (C=O) groups is 2. The number of benzene rings is 2. The third-order valence-corrected chi connectivity index (χ3v) is 8.26.